The average Bonchev–Trinajstić information content (AvgIpc) is 2.89. The first-order chi connectivity index (χ1) is 10.9. The number of carbonyl (C=O) groups is 2. The third-order valence-corrected chi connectivity index (χ3v) is 3.88. The van der Waals surface area contributed by atoms with Crippen LogP contribution in [-0.4, -0.2) is 46.1 Å². The molecule has 0 bridgehead atoms. The molecule has 0 spiro atoms. The number of hydrogen-bond donors (Lipinski definition) is 1. The van der Waals surface area contributed by atoms with Crippen LogP contribution in [0.4, 0.5) is 13.2 Å². The number of aromatic nitrogens is 2. The van der Waals surface area contributed by atoms with Crippen LogP contribution in [0, 0.1) is 0 Å². The summed E-state index contributed by atoms with van der Waals surface area (Å²) in [7, 11) is 1.60. The van der Waals surface area contributed by atoms with Crippen LogP contribution in [0.1, 0.15) is 49.7 Å². The minimum absolute atomic E-state index is 0.300. The van der Waals surface area contributed by atoms with Gasteiger partial charge in [-0.05, 0) is 33.6 Å². The Morgan fingerprint density at radius 3 is 2.50 bits per heavy atom. The Morgan fingerprint density at radius 2 is 1.96 bits per heavy atom. The molecule has 0 aliphatic carbocycles. The molecule has 1 unspecified atom stereocenters. The van der Waals surface area contributed by atoms with E-state index in [0.717, 1.165) is 10.9 Å². The van der Waals surface area contributed by atoms with Gasteiger partial charge >= 0.3 is 6.18 Å². The molecule has 2 heterocycles. The number of alkyl halides is 3. The van der Waals surface area contributed by atoms with Crippen LogP contribution < -0.4 is 5.32 Å². The monoisotopic (exact) mass is 346 g/mol. The average molecular weight is 346 g/mol. The van der Waals surface area contributed by atoms with E-state index in [1.165, 1.54) is 4.90 Å². The van der Waals surface area contributed by atoms with E-state index < -0.39 is 34.9 Å². The van der Waals surface area contributed by atoms with Gasteiger partial charge < -0.3 is 10.2 Å². The molecule has 2 rings (SSSR count). The van der Waals surface area contributed by atoms with Gasteiger partial charge in [0.05, 0.1) is 17.3 Å². The van der Waals surface area contributed by atoms with Gasteiger partial charge in [-0.3, -0.25) is 14.3 Å². The summed E-state index contributed by atoms with van der Waals surface area (Å²) in [5.74, 6) is -1.24. The topological polar surface area (TPSA) is 67.2 Å². The summed E-state index contributed by atoms with van der Waals surface area (Å²) < 4.78 is 41.1. The minimum atomic E-state index is -4.73. The summed E-state index contributed by atoms with van der Waals surface area (Å²) in [4.78, 5) is 25.8. The highest BCUT2D eigenvalue weighted by Gasteiger charge is 2.43. The van der Waals surface area contributed by atoms with Crippen LogP contribution in [0.3, 0.4) is 0 Å². The molecule has 0 radical (unpaired) electrons. The van der Waals surface area contributed by atoms with E-state index in [1.807, 2.05) is 0 Å². The van der Waals surface area contributed by atoms with Crippen LogP contribution >= 0.6 is 0 Å². The van der Waals surface area contributed by atoms with Gasteiger partial charge in [0.2, 0.25) is 5.91 Å². The van der Waals surface area contributed by atoms with Crippen molar-refractivity contribution in [3.8, 4) is 0 Å². The highest BCUT2D eigenvalue weighted by Crippen LogP contribution is 2.35. The smallest absolute Gasteiger partial charge is 0.344 e. The molecule has 1 atom stereocenters. The molecule has 1 fully saturated rings. The van der Waals surface area contributed by atoms with Crippen LogP contribution in [0.5, 0.6) is 0 Å². The van der Waals surface area contributed by atoms with Crippen molar-refractivity contribution in [3.63, 3.8) is 0 Å². The molecule has 9 heteroatoms. The molecule has 0 aromatic carbocycles. The Morgan fingerprint density at radius 1 is 1.33 bits per heavy atom. The highest BCUT2D eigenvalue weighted by atomic mass is 19.4. The first kappa shape index (κ1) is 18.3. The van der Waals surface area contributed by atoms with Gasteiger partial charge in [-0.1, -0.05) is 0 Å². The molecule has 1 aliphatic rings. The van der Waals surface area contributed by atoms with Gasteiger partial charge in [0.25, 0.3) is 5.91 Å². The molecule has 1 saturated heterocycles. The number of nitrogens with one attached hydrogen (secondary N) is 1. The summed E-state index contributed by atoms with van der Waals surface area (Å²) in [5.41, 5.74) is -2.62. The van der Waals surface area contributed by atoms with Crippen molar-refractivity contribution in [2.75, 3.05) is 13.6 Å². The Balaban J connectivity index is 2.33. The van der Waals surface area contributed by atoms with Gasteiger partial charge in [0, 0.05) is 13.6 Å². The Kier molecular flexibility index (Phi) is 4.65. The highest BCUT2D eigenvalue weighted by molar-refractivity contribution is 5.98. The SMILES string of the molecule is CN1CCCC(NC(=O)c2cnn(C(C)(C)C)c2C(F)(F)F)C1=O. The van der Waals surface area contributed by atoms with Crippen molar-refractivity contribution >= 4 is 11.8 Å². The summed E-state index contributed by atoms with van der Waals surface area (Å²) in [5, 5.41) is 6.15. The van der Waals surface area contributed by atoms with Gasteiger partial charge in [-0.15, -0.1) is 0 Å². The number of rotatable bonds is 2. The Bertz CT molecular complexity index is 646. The normalized spacial score (nSPS) is 19.5. The van der Waals surface area contributed by atoms with Crippen molar-refractivity contribution < 1.29 is 22.8 Å². The third-order valence-electron chi connectivity index (χ3n) is 3.88. The molecule has 24 heavy (non-hydrogen) atoms. The van der Waals surface area contributed by atoms with Gasteiger partial charge in [0.15, 0.2) is 5.69 Å². The number of hydrogen-bond acceptors (Lipinski definition) is 3. The molecule has 2 amide bonds. The zero-order chi connectivity index (χ0) is 18.3. The van der Waals surface area contributed by atoms with Gasteiger partial charge in [0.1, 0.15) is 6.04 Å². The summed E-state index contributed by atoms with van der Waals surface area (Å²) in [6, 6.07) is -0.810. The first-order valence-electron chi connectivity index (χ1n) is 7.64. The molecule has 1 aromatic rings. The predicted octanol–water partition coefficient (Wildman–Crippen LogP) is 2.01. The second-order valence-corrected chi connectivity index (χ2v) is 6.92. The van der Waals surface area contributed by atoms with Crippen molar-refractivity contribution in [2.24, 2.45) is 0 Å². The number of carbonyl (C=O) groups excluding carboxylic acids is 2. The molecule has 0 saturated carbocycles. The molecule has 1 N–H and O–H groups in total. The number of nitrogens with zero attached hydrogens (tertiary/aromatic N) is 3. The lowest BCUT2D eigenvalue weighted by molar-refractivity contribution is -0.146. The van der Waals surface area contributed by atoms with E-state index in [-0.39, 0.29) is 5.91 Å². The number of amides is 2. The third kappa shape index (κ3) is 3.54. The fraction of sp³-hybridized carbons (Fsp3) is 0.667. The zero-order valence-corrected chi connectivity index (χ0v) is 14.1. The van der Waals surface area contributed by atoms with Crippen LogP contribution in [0.2, 0.25) is 0 Å². The predicted molar refractivity (Wildman–Crippen MR) is 80.4 cm³/mol. The summed E-state index contributed by atoms with van der Waals surface area (Å²) in [6.45, 7) is 5.27. The fourth-order valence-electron chi connectivity index (χ4n) is 2.70. The van der Waals surface area contributed by atoms with Crippen LogP contribution in [0.15, 0.2) is 6.20 Å². The summed E-state index contributed by atoms with van der Waals surface area (Å²) in [6.07, 6.45) is -2.74. The quantitative estimate of drug-likeness (QED) is 0.891. The van der Waals surface area contributed by atoms with Crippen molar-refractivity contribution in [1.82, 2.24) is 20.0 Å². The molecular weight excluding hydrogens is 325 g/mol. The molecule has 1 aromatic heterocycles. The number of likely N-dealkylation sites (N-methyl/N-ethyl adjacent to an activating group) is 1. The zero-order valence-electron chi connectivity index (χ0n) is 14.1. The van der Waals surface area contributed by atoms with Crippen molar-refractivity contribution in [2.45, 2.75) is 51.4 Å². The van der Waals surface area contributed by atoms with Crippen LogP contribution in [0.25, 0.3) is 0 Å². The first-order valence-corrected chi connectivity index (χ1v) is 7.64. The summed E-state index contributed by atoms with van der Waals surface area (Å²) >= 11 is 0. The van der Waals surface area contributed by atoms with Crippen molar-refractivity contribution in [3.05, 3.63) is 17.5 Å². The maximum Gasteiger partial charge on any atom is 0.433 e. The van der Waals surface area contributed by atoms with E-state index in [0.29, 0.717) is 19.4 Å². The van der Waals surface area contributed by atoms with Gasteiger partial charge in [-0.25, -0.2) is 0 Å². The molecule has 1 aliphatic heterocycles. The van der Waals surface area contributed by atoms with E-state index in [2.05, 4.69) is 10.4 Å². The molecule has 134 valence electrons. The lowest BCUT2D eigenvalue weighted by Crippen LogP contribution is -2.51. The fourth-order valence-corrected chi connectivity index (χ4v) is 2.70. The number of halogens is 3. The maximum atomic E-state index is 13.4. The Hall–Kier alpha value is -2.06. The standard InChI is InChI=1S/C15H21F3N4O2/c1-14(2,3)22-11(15(16,17)18)9(8-19-22)12(23)20-10-6-5-7-21(4)13(10)24/h8,10H,5-7H2,1-4H3,(H,20,23). The van der Waals surface area contributed by atoms with Crippen LogP contribution in [-0.2, 0) is 16.5 Å². The van der Waals surface area contributed by atoms with E-state index in [1.54, 1.807) is 27.8 Å². The van der Waals surface area contributed by atoms with E-state index in [4.69, 9.17) is 0 Å². The number of piperidine rings is 1. The lowest BCUT2D eigenvalue weighted by Gasteiger charge is -2.29. The largest absolute Gasteiger partial charge is 0.433 e. The van der Waals surface area contributed by atoms with E-state index >= 15 is 0 Å². The second-order valence-electron chi connectivity index (χ2n) is 6.92. The number of likely N-dealkylation sites (tertiary alicyclic amines) is 1. The maximum absolute atomic E-state index is 13.4. The molecular formula is C15H21F3N4O2. The second kappa shape index (κ2) is 6.10. The Labute approximate surface area is 138 Å². The lowest BCUT2D eigenvalue weighted by atomic mass is 10.0. The van der Waals surface area contributed by atoms with E-state index in [9.17, 15) is 22.8 Å². The minimum Gasteiger partial charge on any atom is -0.344 e. The molecule has 6 nitrogen and oxygen atoms in total. The van der Waals surface area contributed by atoms with Crippen molar-refractivity contribution in [1.29, 1.82) is 0 Å². The van der Waals surface area contributed by atoms with Gasteiger partial charge in [-0.2, -0.15) is 18.3 Å².